The lowest BCUT2D eigenvalue weighted by Crippen LogP contribution is -2.47. The van der Waals surface area contributed by atoms with Gasteiger partial charge < -0.3 is 10.1 Å². The highest BCUT2D eigenvalue weighted by Gasteiger charge is 2.36. The van der Waals surface area contributed by atoms with Gasteiger partial charge in [0, 0.05) is 11.1 Å². The van der Waals surface area contributed by atoms with Crippen molar-refractivity contribution < 1.29 is 14.3 Å². The molecule has 0 saturated heterocycles. The van der Waals surface area contributed by atoms with Crippen molar-refractivity contribution in [1.29, 1.82) is 0 Å². The lowest BCUT2D eigenvalue weighted by atomic mass is 10.1. The fourth-order valence-corrected chi connectivity index (χ4v) is 3.05. The van der Waals surface area contributed by atoms with E-state index in [9.17, 15) is 9.59 Å². The summed E-state index contributed by atoms with van der Waals surface area (Å²) < 4.78 is 3.80. The molecule has 0 aliphatic rings. The number of aryl methyl sites for hydroxylation is 1. The number of rotatable bonds is 7. The summed E-state index contributed by atoms with van der Waals surface area (Å²) in [6, 6.07) is 22.4. The third kappa shape index (κ3) is 7.49. The summed E-state index contributed by atoms with van der Waals surface area (Å²) in [5, 5.41) is 6.54. The second kappa shape index (κ2) is 11.2. The Hall–Kier alpha value is -3.06. The average Bonchev–Trinajstić information content (AvgIpc) is 2.79. The van der Waals surface area contributed by atoms with E-state index in [2.05, 4.69) is 15.8 Å². The van der Waals surface area contributed by atoms with Crippen LogP contribution in [0.25, 0.3) is 0 Å². The number of benzene rings is 3. The van der Waals surface area contributed by atoms with Crippen LogP contribution in [-0.2, 0) is 0 Å². The smallest absolute Gasteiger partial charge is 0.271 e. The molecule has 3 aromatic rings. The summed E-state index contributed by atoms with van der Waals surface area (Å²) in [4.78, 5) is 24.6. The summed E-state index contributed by atoms with van der Waals surface area (Å²) in [6.45, 7) is 1.87. The van der Waals surface area contributed by atoms with Crippen LogP contribution in [0.2, 0.25) is 0 Å². The van der Waals surface area contributed by atoms with Crippen LogP contribution in [0.1, 0.15) is 31.8 Å². The molecule has 1 atom stereocenters. The van der Waals surface area contributed by atoms with Crippen LogP contribution in [0.3, 0.4) is 0 Å². The normalized spacial score (nSPS) is 12.2. The van der Waals surface area contributed by atoms with Gasteiger partial charge in [-0.3, -0.25) is 9.59 Å². The molecule has 170 valence electrons. The molecule has 0 saturated carbocycles. The first-order chi connectivity index (χ1) is 15.7. The molecule has 3 rings (SSSR count). The van der Waals surface area contributed by atoms with Crippen LogP contribution >= 0.6 is 34.8 Å². The molecule has 2 N–H and O–H groups in total. The Labute approximate surface area is 206 Å². The minimum absolute atomic E-state index is 0.318. The number of hydrogen-bond donors (Lipinski definition) is 2. The zero-order chi connectivity index (χ0) is 23.8. The van der Waals surface area contributed by atoms with Crippen molar-refractivity contribution >= 4 is 52.8 Å². The van der Waals surface area contributed by atoms with E-state index in [1.807, 2.05) is 19.1 Å². The number of ether oxygens (including phenoxy) is 1. The van der Waals surface area contributed by atoms with Crippen molar-refractivity contribution in [2.45, 2.75) is 16.9 Å². The zero-order valence-electron chi connectivity index (χ0n) is 17.5. The summed E-state index contributed by atoms with van der Waals surface area (Å²) >= 11 is 18.1. The van der Waals surface area contributed by atoms with Crippen LogP contribution < -0.4 is 15.5 Å². The summed E-state index contributed by atoms with van der Waals surface area (Å²) in [5.74, 6) is -0.393. The largest absolute Gasteiger partial charge is 0.466 e. The molecule has 9 heteroatoms. The van der Waals surface area contributed by atoms with E-state index in [1.54, 1.807) is 66.7 Å². The van der Waals surface area contributed by atoms with Crippen molar-refractivity contribution in [3.05, 3.63) is 101 Å². The van der Waals surface area contributed by atoms with Gasteiger partial charge in [-0.15, -0.1) is 0 Å². The van der Waals surface area contributed by atoms with Crippen molar-refractivity contribution in [2.75, 3.05) is 0 Å². The predicted molar refractivity (Wildman–Crippen MR) is 131 cm³/mol. The van der Waals surface area contributed by atoms with E-state index in [1.165, 1.54) is 6.21 Å². The van der Waals surface area contributed by atoms with E-state index < -0.39 is 15.9 Å². The SMILES string of the molecule is Cc1cccc(C(=O)N[C@@H](Oc2ccc(/C=N\NC(=O)c3ccccc3)cc2)C(Cl)(Cl)Cl)c1. The fraction of sp³-hybridized carbons (Fsp3) is 0.125. The Kier molecular flexibility index (Phi) is 8.33. The Morgan fingerprint density at radius 3 is 2.21 bits per heavy atom. The average molecular weight is 505 g/mol. The third-order valence-electron chi connectivity index (χ3n) is 4.39. The van der Waals surface area contributed by atoms with E-state index in [4.69, 9.17) is 39.5 Å². The van der Waals surface area contributed by atoms with Crippen LogP contribution in [0.4, 0.5) is 0 Å². The topological polar surface area (TPSA) is 79.8 Å². The van der Waals surface area contributed by atoms with Gasteiger partial charge in [0.25, 0.3) is 11.8 Å². The number of carbonyl (C=O) groups excluding carboxylic acids is 2. The van der Waals surface area contributed by atoms with Crippen molar-refractivity contribution in [3.63, 3.8) is 0 Å². The zero-order valence-corrected chi connectivity index (χ0v) is 19.7. The maximum Gasteiger partial charge on any atom is 0.271 e. The minimum Gasteiger partial charge on any atom is -0.466 e. The van der Waals surface area contributed by atoms with Gasteiger partial charge in [-0.05, 0) is 61.0 Å². The Morgan fingerprint density at radius 2 is 1.58 bits per heavy atom. The molecular weight excluding hydrogens is 485 g/mol. The second-order valence-corrected chi connectivity index (χ2v) is 9.39. The van der Waals surface area contributed by atoms with Gasteiger partial charge in [-0.2, -0.15) is 5.10 Å². The van der Waals surface area contributed by atoms with Crippen LogP contribution in [0.5, 0.6) is 5.75 Å². The number of carbonyl (C=O) groups is 2. The molecule has 0 unspecified atom stereocenters. The highest BCUT2D eigenvalue weighted by atomic mass is 35.6. The quantitative estimate of drug-likeness (QED) is 0.199. The second-order valence-electron chi connectivity index (χ2n) is 7.02. The predicted octanol–water partition coefficient (Wildman–Crippen LogP) is 5.26. The fourth-order valence-electron chi connectivity index (χ4n) is 2.75. The number of nitrogens with zero attached hydrogens (tertiary/aromatic N) is 1. The number of hydrazone groups is 1. The number of alkyl halides is 3. The standard InChI is InChI=1S/C24H20Cl3N3O3/c1-16-6-5-9-19(14-16)21(31)29-23(24(25,26)27)33-20-12-10-17(11-13-20)15-28-30-22(32)18-7-3-2-4-8-18/h2-15,23H,1H3,(H,29,31)(H,30,32)/b28-15-/t23-/m0/s1. The summed E-state index contributed by atoms with van der Waals surface area (Å²) in [6.07, 6.45) is 0.247. The molecule has 0 aromatic heterocycles. The highest BCUT2D eigenvalue weighted by molar-refractivity contribution is 6.68. The maximum absolute atomic E-state index is 12.6. The molecule has 33 heavy (non-hydrogen) atoms. The first-order valence-corrected chi connectivity index (χ1v) is 11.0. The minimum atomic E-state index is -1.92. The first-order valence-electron chi connectivity index (χ1n) is 9.82. The lowest BCUT2D eigenvalue weighted by molar-refractivity contribution is 0.0832. The van der Waals surface area contributed by atoms with E-state index in [-0.39, 0.29) is 5.91 Å². The van der Waals surface area contributed by atoms with E-state index in [0.29, 0.717) is 22.4 Å². The number of nitrogens with one attached hydrogen (secondary N) is 2. The van der Waals surface area contributed by atoms with Gasteiger partial charge in [0.05, 0.1) is 6.21 Å². The van der Waals surface area contributed by atoms with Gasteiger partial charge in [-0.1, -0.05) is 70.7 Å². The monoisotopic (exact) mass is 503 g/mol. The Morgan fingerprint density at radius 1 is 0.909 bits per heavy atom. The number of halogens is 3. The molecule has 0 fully saturated rings. The van der Waals surface area contributed by atoms with Crippen LogP contribution in [0, 0.1) is 6.92 Å². The lowest BCUT2D eigenvalue weighted by Gasteiger charge is -2.26. The molecule has 0 spiro atoms. The summed E-state index contributed by atoms with van der Waals surface area (Å²) in [5.41, 5.74) is 5.00. The van der Waals surface area contributed by atoms with E-state index >= 15 is 0 Å². The van der Waals surface area contributed by atoms with Gasteiger partial charge >= 0.3 is 0 Å². The van der Waals surface area contributed by atoms with Crippen molar-refractivity contribution in [2.24, 2.45) is 5.10 Å². The maximum atomic E-state index is 12.6. The third-order valence-corrected chi connectivity index (χ3v) is 4.98. The van der Waals surface area contributed by atoms with Gasteiger partial charge in [-0.25, -0.2) is 5.43 Å². The van der Waals surface area contributed by atoms with Gasteiger partial charge in [0.1, 0.15) is 5.75 Å². The number of hydrogen-bond acceptors (Lipinski definition) is 4. The molecular formula is C24H20Cl3N3O3. The van der Waals surface area contributed by atoms with Crippen LogP contribution in [0.15, 0.2) is 84.0 Å². The molecule has 2 amide bonds. The Bertz CT molecular complexity index is 1130. The molecule has 0 bridgehead atoms. The van der Waals surface area contributed by atoms with Gasteiger partial charge in [0.2, 0.25) is 10.0 Å². The van der Waals surface area contributed by atoms with Gasteiger partial charge in [0.15, 0.2) is 0 Å². The highest BCUT2D eigenvalue weighted by Crippen LogP contribution is 2.32. The molecule has 0 heterocycles. The molecule has 0 aliphatic heterocycles. The van der Waals surface area contributed by atoms with E-state index in [0.717, 1.165) is 5.56 Å². The summed E-state index contributed by atoms with van der Waals surface area (Å²) in [7, 11) is 0. The molecule has 6 nitrogen and oxygen atoms in total. The van der Waals surface area contributed by atoms with Crippen LogP contribution in [-0.4, -0.2) is 28.0 Å². The Balaban J connectivity index is 1.62. The van der Waals surface area contributed by atoms with Crippen molar-refractivity contribution in [1.82, 2.24) is 10.7 Å². The first kappa shape index (κ1) is 24.6. The molecule has 3 aromatic carbocycles. The molecule has 0 aliphatic carbocycles. The molecule has 0 radical (unpaired) electrons. The van der Waals surface area contributed by atoms with Crippen molar-refractivity contribution in [3.8, 4) is 5.75 Å². The number of amides is 2.